The molecule has 1 unspecified atom stereocenters. The molecule has 8 nitrogen and oxygen atoms in total. The van der Waals surface area contributed by atoms with Crippen LogP contribution in [0.4, 0.5) is 0 Å². The summed E-state index contributed by atoms with van der Waals surface area (Å²) in [4.78, 5) is 18.3. The molecule has 0 radical (unpaired) electrons. The van der Waals surface area contributed by atoms with Gasteiger partial charge in [-0.25, -0.2) is 0 Å². The zero-order valence-corrected chi connectivity index (χ0v) is 19.8. The van der Waals surface area contributed by atoms with Crippen LogP contribution in [-0.4, -0.2) is 80.1 Å². The number of methoxy groups -OCH3 is 3. The molecule has 2 heterocycles. The van der Waals surface area contributed by atoms with Crippen molar-refractivity contribution in [2.75, 3.05) is 60.7 Å². The van der Waals surface area contributed by atoms with Gasteiger partial charge in [0.05, 0.1) is 32.4 Å². The van der Waals surface area contributed by atoms with Crippen molar-refractivity contribution in [3.05, 3.63) is 51.4 Å². The van der Waals surface area contributed by atoms with E-state index in [1.165, 1.54) is 0 Å². The Morgan fingerprint density at radius 1 is 1.03 bits per heavy atom. The Morgan fingerprint density at radius 3 is 2.31 bits per heavy atom. The van der Waals surface area contributed by atoms with Gasteiger partial charge in [-0.3, -0.25) is 9.69 Å². The molecule has 0 spiro atoms. The lowest BCUT2D eigenvalue weighted by molar-refractivity contribution is 0.111. The second kappa shape index (κ2) is 10.8. The van der Waals surface area contributed by atoms with Gasteiger partial charge in [0.2, 0.25) is 0 Å². The van der Waals surface area contributed by atoms with Crippen molar-refractivity contribution in [3.8, 4) is 17.2 Å². The average Bonchev–Trinajstić information content (AvgIpc) is 2.81. The topological polar surface area (TPSA) is 76.4 Å². The minimum Gasteiger partial charge on any atom is -0.507 e. The maximum Gasteiger partial charge on any atom is 0.259 e. The lowest BCUT2D eigenvalue weighted by Crippen LogP contribution is -2.48. The van der Waals surface area contributed by atoms with E-state index in [1.54, 1.807) is 32.0 Å². The van der Waals surface area contributed by atoms with Gasteiger partial charge < -0.3 is 28.8 Å². The molecule has 1 atom stereocenters. The van der Waals surface area contributed by atoms with Crippen LogP contribution in [0.1, 0.15) is 29.8 Å². The summed E-state index contributed by atoms with van der Waals surface area (Å²) in [6, 6.07) is 6.95. The zero-order chi connectivity index (χ0) is 23.3. The smallest absolute Gasteiger partial charge is 0.259 e. The predicted octanol–water partition coefficient (Wildman–Crippen LogP) is 2.25. The van der Waals surface area contributed by atoms with Crippen molar-refractivity contribution in [1.82, 2.24) is 14.4 Å². The molecule has 0 saturated carbocycles. The number of pyridine rings is 1. The molecule has 3 rings (SSSR count). The van der Waals surface area contributed by atoms with Crippen molar-refractivity contribution < 1.29 is 19.3 Å². The number of aromatic nitrogens is 1. The van der Waals surface area contributed by atoms with Crippen LogP contribution in [0.15, 0.2) is 29.1 Å². The first-order chi connectivity index (χ1) is 15.4. The first-order valence-electron chi connectivity index (χ1n) is 11.1. The van der Waals surface area contributed by atoms with Crippen LogP contribution in [0.3, 0.4) is 0 Å². The Morgan fingerprint density at radius 2 is 1.72 bits per heavy atom. The van der Waals surface area contributed by atoms with E-state index in [9.17, 15) is 9.90 Å². The van der Waals surface area contributed by atoms with Crippen LogP contribution in [0.5, 0.6) is 17.2 Å². The van der Waals surface area contributed by atoms with E-state index in [4.69, 9.17) is 14.2 Å². The van der Waals surface area contributed by atoms with Crippen molar-refractivity contribution in [2.45, 2.75) is 26.4 Å². The molecule has 1 aromatic carbocycles. The van der Waals surface area contributed by atoms with Gasteiger partial charge in [0.15, 0.2) is 11.5 Å². The summed E-state index contributed by atoms with van der Waals surface area (Å²) in [7, 11) is 4.80. The molecule has 2 aromatic rings. The maximum absolute atomic E-state index is 13.6. The van der Waals surface area contributed by atoms with Gasteiger partial charge in [-0.15, -0.1) is 0 Å². The van der Waals surface area contributed by atoms with E-state index in [0.29, 0.717) is 35.9 Å². The van der Waals surface area contributed by atoms with Crippen molar-refractivity contribution >= 4 is 0 Å². The third-order valence-corrected chi connectivity index (χ3v) is 6.26. The van der Waals surface area contributed by atoms with Gasteiger partial charge in [0.25, 0.3) is 5.56 Å². The number of ether oxygens (including phenoxy) is 3. The molecule has 1 aliphatic heterocycles. The number of piperazine rings is 1. The summed E-state index contributed by atoms with van der Waals surface area (Å²) in [6.07, 6.45) is 0. The van der Waals surface area contributed by atoms with Crippen molar-refractivity contribution in [2.24, 2.45) is 0 Å². The van der Waals surface area contributed by atoms with Crippen LogP contribution < -0.4 is 15.0 Å². The van der Waals surface area contributed by atoms with Gasteiger partial charge >= 0.3 is 0 Å². The summed E-state index contributed by atoms with van der Waals surface area (Å²) < 4.78 is 17.8. The monoisotopic (exact) mass is 445 g/mol. The van der Waals surface area contributed by atoms with Gasteiger partial charge in [-0.2, -0.15) is 0 Å². The molecule has 176 valence electrons. The van der Waals surface area contributed by atoms with Gasteiger partial charge in [-0.05, 0) is 37.2 Å². The molecular formula is C24H35N3O5. The largest absolute Gasteiger partial charge is 0.507 e. The third-order valence-electron chi connectivity index (χ3n) is 6.26. The third kappa shape index (κ3) is 4.92. The quantitative estimate of drug-likeness (QED) is 0.634. The number of likely N-dealkylation sites (N-methyl/N-ethyl adjacent to an activating group) is 1. The maximum atomic E-state index is 13.6. The lowest BCUT2D eigenvalue weighted by Gasteiger charge is -2.39. The average molecular weight is 446 g/mol. The fraction of sp³-hybridized carbons (Fsp3) is 0.542. The van der Waals surface area contributed by atoms with E-state index >= 15 is 0 Å². The molecular weight excluding hydrogens is 410 g/mol. The Bertz CT molecular complexity index is 967. The summed E-state index contributed by atoms with van der Waals surface area (Å²) >= 11 is 0. The highest BCUT2D eigenvalue weighted by molar-refractivity contribution is 5.48. The standard InChI is InChI=1S/C24H35N3O5/c1-6-25-9-11-26(12-10-25)23(18-7-8-20(31-4)21(16-18)32-5)22-19(28)15-17(2)27(24(22)29)13-14-30-3/h7-8,15-16,23,28H,6,9-14H2,1-5H3. The second-order valence-corrected chi connectivity index (χ2v) is 8.02. The highest BCUT2D eigenvalue weighted by Crippen LogP contribution is 2.37. The highest BCUT2D eigenvalue weighted by atomic mass is 16.5. The molecule has 0 amide bonds. The zero-order valence-electron chi connectivity index (χ0n) is 19.8. The molecule has 1 saturated heterocycles. The van der Waals surface area contributed by atoms with E-state index < -0.39 is 6.04 Å². The Hall–Kier alpha value is -2.55. The molecule has 8 heteroatoms. The Labute approximate surface area is 189 Å². The molecule has 1 aliphatic rings. The lowest BCUT2D eigenvalue weighted by atomic mass is 9.95. The SMILES string of the molecule is CCN1CCN(C(c2ccc(OC)c(OC)c2)c2c(O)cc(C)n(CCOC)c2=O)CC1. The number of nitrogens with zero attached hydrogens (tertiary/aromatic N) is 3. The molecule has 0 aliphatic carbocycles. The fourth-order valence-electron chi connectivity index (χ4n) is 4.41. The summed E-state index contributed by atoms with van der Waals surface area (Å²) in [5, 5.41) is 11.0. The summed E-state index contributed by atoms with van der Waals surface area (Å²) in [6.45, 7) is 9.21. The first kappa shape index (κ1) is 24.1. The van der Waals surface area contributed by atoms with Gasteiger partial charge in [0.1, 0.15) is 5.75 Å². The van der Waals surface area contributed by atoms with Crippen molar-refractivity contribution in [1.29, 1.82) is 0 Å². The van der Waals surface area contributed by atoms with E-state index in [2.05, 4.69) is 16.7 Å². The Balaban J connectivity index is 2.15. The molecule has 0 bridgehead atoms. The van der Waals surface area contributed by atoms with Crippen LogP contribution in [0.25, 0.3) is 0 Å². The summed E-state index contributed by atoms with van der Waals surface area (Å²) in [5.41, 5.74) is 1.76. The normalized spacial score (nSPS) is 16.2. The fourth-order valence-corrected chi connectivity index (χ4v) is 4.41. The van der Waals surface area contributed by atoms with E-state index in [1.807, 2.05) is 25.1 Å². The number of benzene rings is 1. The Kier molecular flexibility index (Phi) is 8.17. The van der Waals surface area contributed by atoms with Crippen LogP contribution >= 0.6 is 0 Å². The number of hydrogen-bond acceptors (Lipinski definition) is 7. The predicted molar refractivity (Wildman–Crippen MR) is 124 cm³/mol. The summed E-state index contributed by atoms with van der Waals surface area (Å²) in [5.74, 6) is 1.23. The number of rotatable bonds is 9. The van der Waals surface area contributed by atoms with Gasteiger partial charge in [-0.1, -0.05) is 13.0 Å². The minimum atomic E-state index is -0.407. The first-order valence-corrected chi connectivity index (χ1v) is 11.1. The highest BCUT2D eigenvalue weighted by Gasteiger charge is 2.31. The number of aryl methyl sites for hydroxylation is 1. The minimum absolute atomic E-state index is 0.0128. The molecule has 1 fully saturated rings. The number of hydrogen-bond donors (Lipinski definition) is 1. The van der Waals surface area contributed by atoms with E-state index in [0.717, 1.165) is 38.3 Å². The van der Waals surface area contributed by atoms with E-state index in [-0.39, 0.29) is 11.3 Å². The molecule has 32 heavy (non-hydrogen) atoms. The second-order valence-electron chi connectivity index (χ2n) is 8.02. The van der Waals surface area contributed by atoms with Crippen LogP contribution in [0.2, 0.25) is 0 Å². The van der Waals surface area contributed by atoms with Gasteiger partial charge in [0, 0.05) is 45.5 Å². The van der Waals surface area contributed by atoms with Crippen molar-refractivity contribution in [3.63, 3.8) is 0 Å². The number of aromatic hydroxyl groups is 1. The molecule has 1 aromatic heterocycles. The molecule has 1 N–H and O–H groups in total. The van der Waals surface area contributed by atoms with Crippen LogP contribution in [-0.2, 0) is 11.3 Å². The van der Waals surface area contributed by atoms with Crippen LogP contribution in [0, 0.1) is 6.92 Å².